The van der Waals surface area contributed by atoms with E-state index in [0.29, 0.717) is 6.61 Å². The predicted octanol–water partition coefficient (Wildman–Crippen LogP) is 8.78. The molecule has 1 atom stereocenters. The molecule has 0 spiro atoms. The van der Waals surface area contributed by atoms with Crippen LogP contribution in [-0.2, 0) is 9.53 Å². The lowest BCUT2D eigenvalue weighted by Gasteiger charge is -2.11. The SMILES string of the molecule is CCCCCCCC/C=C\CCCCCCC(C)C(=O)OCCCCCCC. The van der Waals surface area contributed by atoms with Gasteiger partial charge in [0.1, 0.15) is 0 Å². The molecule has 0 rings (SSSR count). The van der Waals surface area contributed by atoms with Gasteiger partial charge in [-0.3, -0.25) is 4.79 Å². The Morgan fingerprint density at radius 1 is 0.679 bits per heavy atom. The maximum Gasteiger partial charge on any atom is 0.308 e. The highest BCUT2D eigenvalue weighted by Crippen LogP contribution is 2.14. The summed E-state index contributed by atoms with van der Waals surface area (Å²) < 4.78 is 5.41. The second-order valence-electron chi connectivity index (χ2n) is 8.50. The minimum absolute atomic E-state index is 0.00752. The molecular weight excluding hydrogens is 344 g/mol. The smallest absolute Gasteiger partial charge is 0.308 e. The molecule has 0 aliphatic rings. The van der Waals surface area contributed by atoms with Gasteiger partial charge in [0.2, 0.25) is 0 Å². The summed E-state index contributed by atoms with van der Waals surface area (Å²) in [4.78, 5) is 12.0. The molecule has 0 bridgehead atoms. The van der Waals surface area contributed by atoms with Crippen LogP contribution in [-0.4, -0.2) is 12.6 Å². The molecule has 0 fully saturated rings. The van der Waals surface area contributed by atoms with Gasteiger partial charge < -0.3 is 4.74 Å². The van der Waals surface area contributed by atoms with E-state index in [-0.39, 0.29) is 11.9 Å². The second-order valence-corrected chi connectivity index (χ2v) is 8.50. The van der Waals surface area contributed by atoms with Crippen molar-refractivity contribution in [2.45, 2.75) is 136 Å². The number of carbonyl (C=O) groups excluding carboxylic acids is 1. The van der Waals surface area contributed by atoms with E-state index in [1.165, 1.54) is 96.3 Å². The molecule has 0 radical (unpaired) electrons. The van der Waals surface area contributed by atoms with Crippen LogP contribution in [0, 0.1) is 5.92 Å². The summed E-state index contributed by atoms with van der Waals surface area (Å²) in [5.41, 5.74) is 0. The van der Waals surface area contributed by atoms with Gasteiger partial charge in [-0.15, -0.1) is 0 Å². The molecule has 1 unspecified atom stereocenters. The van der Waals surface area contributed by atoms with Crippen molar-refractivity contribution in [2.24, 2.45) is 5.92 Å². The van der Waals surface area contributed by atoms with Crippen molar-refractivity contribution >= 4 is 5.97 Å². The lowest BCUT2D eigenvalue weighted by molar-refractivity contribution is -0.148. The normalized spacial score (nSPS) is 12.5. The number of ether oxygens (including phenoxy) is 1. The van der Waals surface area contributed by atoms with Crippen molar-refractivity contribution in [1.82, 2.24) is 0 Å². The van der Waals surface area contributed by atoms with Crippen LogP contribution in [0.4, 0.5) is 0 Å². The largest absolute Gasteiger partial charge is 0.465 e. The summed E-state index contributed by atoms with van der Waals surface area (Å²) in [6.07, 6.45) is 27.4. The second kappa shape index (κ2) is 22.5. The molecule has 0 aliphatic carbocycles. The van der Waals surface area contributed by atoms with Crippen molar-refractivity contribution in [3.63, 3.8) is 0 Å². The summed E-state index contributed by atoms with van der Waals surface area (Å²) in [6, 6.07) is 0. The van der Waals surface area contributed by atoms with E-state index in [2.05, 4.69) is 26.0 Å². The fourth-order valence-electron chi connectivity index (χ4n) is 3.48. The molecule has 2 nitrogen and oxygen atoms in total. The van der Waals surface area contributed by atoms with Crippen molar-refractivity contribution < 1.29 is 9.53 Å². The zero-order chi connectivity index (χ0) is 20.7. The first kappa shape index (κ1) is 27.2. The third-order valence-electron chi connectivity index (χ3n) is 5.54. The van der Waals surface area contributed by atoms with Crippen LogP contribution in [0.15, 0.2) is 12.2 Å². The first-order valence-electron chi connectivity index (χ1n) is 12.5. The molecule has 28 heavy (non-hydrogen) atoms. The van der Waals surface area contributed by atoms with E-state index in [4.69, 9.17) is 4.74 Å². The molecule has 2 heteroatoms. The van der Waals surface area contributed by atoms with Crippen molar-refractivity contribution in [3.05, 3.63) is 12.2 Å². The summed E-state index contributed by atoms with van der Waals surface area (Å²) >= 11 is 0. The van der Waals surface area contributed by atoms with E-state index >= 15 is 0 Å². The third-order valence-corrected chi connectivity index (χ3v) is 5.54. The van der Waals surface area contributed by atoms with Crippen LogP contribution in [0.1, 0.15) is 136 Å². The molecule has 0 aromatic carbocycles. The van der Waals surface area contributed by atoms with Crippen LogP contribution in [0.25, 0.3) is 0 Å². The van der Waals surface area contributed by atoms with E-state index < -0.39 is 0 Å². The Kier molecular flexibility index (Phi) is 21.9. The Bertz CT molecular complexity index is 348. The standard InChI is InChI=1S/C26H50O2/c1-4-6-8-10-11-12-13-14-15-16-17-18-19-21-23-25(3)26(27)28-24-22-20-9-7-5-2/h14-15,25H,4-13,16-24H2,1-3H3/b15-14-. The van der Waals surface area contributed by atoms with Crippen LogP contribution in [0.5, 0.6) is 0 Å². The van der Waals surface area contributed by atoms with Crippen LogP contribution >= 0.6 is 0 Å². The Morgan fingerprint density at radius 3 is 1.71 bits per heavy atom. The zero-order valence-corrected chi connectivity index (χ0v) is 19.5. The third kappa shape index (κ3) is 20.0. The number of carbonyl (C=O) groups is 1. The number of hydrogen-bond acceptors (Lipinski definition) is 2. The van der Waals surface area contributed by atoms with Gasteiger partial charge in [0, 0.05) is 0 Å². The van der Waals surface area contributed by atoms with Gasteiger partial charge in [-0.05, 0) is 38.5 Å². The zero-order valence-electron chi connectivity index (χ0n) is 19.5. The highest BCUT2D eigenvalue weighted by atomic mass is 16.5. The minimum Gasteiger partial charge on any atom is -0.465 e. The first-order chi connectivity index (χ1) is 13.7. The average molecular weight is 395 g/mol. The number of esters is 1. The number of allylic oxidation sites excluding steroid dienone is 2. The van der Waals surface area contributed by atoms with E-state index in [1.54, 1.807) is 0 Å². The molecule has 0 N–H and O–H groups in total. The fraction of sp³-hybridized carbons (Fsp3) is 0.885. The molecule has 0 amide bonds. The molecule has 0 saturated carbocycles. The summed E-state index contributed by atoms with van der Waals surface area (Å²) in [5, 5.41) is 0. The monoisotopic (exact) mass is 394 g/mol. The first-order valence-corrected chi connectivity index (χ1v) is 12.5. The van der Waals surface area contributed by atoms with Gasteiger partial charge in [-0.25, -0.2) is 0 Å². The highest BCUT2D eigenvalue weighted by Gasteiger charge is 2.13. The Morgan fingerprint density at radius 2 is 1.14 bits per heavy atom. The van der Waals surface area contributed by atoms with Gasteiger partial charge >= 0.3 is 5.97 Å². The Labute approximate surface area is 176 Å². The fourth-order valence-corrected chi connectivity index (χ4v) is 3.48. The van der Waals surface area contributed by atoms with Crippen LogP contribution < -0.4 is 0 Å². The summed E-state index contributed by atoms with van der Waals surface area (Å²) in [6.45, 7) is 7.12. The van der Waals surface area contributed by atoms with Crippen LogP contribution in [0.2, 0.25) is 0 Å². The van der Waals surface area contributed by atoms with Gasteiger partial charge in [0.05, 0.1) is 12.5 Å². The van der Waals surface area contributed by atoms with E-state index in [1.807, 2.05) is 6.92 Å². The van der Waals surface area contributed by atoms with Crippen LogP contribution in [0.3, 0.4) is 0 Å². The summed E-state index contributed by atoms with van der Waals surface area (Å²) in [5.74, 6) is 0.0704. The Balaban J connectivity index is 3.35. The molecule has 0 aromatic heterocycles. The van der Waals surface area contributed by atoms with Crippen molar-refractivity contribution in [3.8, 4) is 0 Å². The van der Waals surface area contributed by atoms with Gasteiger partial charge in [0.25, 0.3) is 0 Å². The Hall–Kier alpha value is -0.790. The molecule has 0 saturated heterocycles. The maximum absolute atomic E-state index is 12.0. The van der Waals surface area contributed by atoms with E-state index in [9.17, 15) is 4.79 Å². The topological polar surface area (TPSA) is 26.3 Å². The summed E-state index contributed by atoms with van der Waals surface area (Å²) in [7, 11) is 0. The van der Waals surface area contributed by atoms with E-state index in [0.717, 1.165) is 19.3 Å². The lowest BCUT2D eigenvalue weighted by Crippen LogP contribution is -2.15. The highest BCUT2D eigenvalue weighted by molar-refractivity contribution is 5.71. The minimum atomic E-state index is 0.00752. The average Bonchev–Trinajstić information content (AvgIpc) is 2.70. The molecule has 0 heterocycles. The van der Waals surface area contributed by atoms with Crippen molar-refractivity contribution in [2.75, 3.05) is 6.61 Å². The molecule has 0 aromatic rings. The molecular formula is C26H50O2. The molecule has 0 aliphatic heterocycles. The van der Waals surface area contributed by atoms with Gasteiger partial charge in [0.15, 0.2) is 0 Å². The number of rotatable bonds is 21. The quantitative estimate of drug-likeness (QED) is 0.110. The number of hydrogen-bond donors (Lipinski definition) is 0. The number of unbranched alkanes of at least 4 members (excludes halogenated alkanes) is 14. The lowest BCUT2D eigenvalue weighted by atomic mass is 10.0. The van der Waals surface area contributed by atoms with Crippen molar-refractivity contribution in [1.29, 1.82) is 0 Å². The predicted molar refractivity (Wildman–Crippen MR) is 124 cm³/mol. The maximum atomic E-state index is 12.0. The van der Waals surface area contributed by atoms with Gasteiger partial charge in [-0.2, -0.15) is 0 Å². The molecule has 166 valence electrons. The van der Waals surface area contributed by atoms with Gasteiger partial charge in [-0.1, -0.05) is 110 Å².